The summed E-state index contributed by atoms with van der Waals surface area (Å²) in [6.07, 6.45) is 4.34. The lowest BCUT2D eigenvalue weighted by atomic mass is 10.0. The molecule has 0 bridgehead atoms. The minimum atomic E-state index is -0.0416. The standard InChI is InChI=1S/C18H23N3O/c1-4-17(15-9-11-19-12-10-15)20-18(22)16-7-5-14(6-8-16)13-21(2)3/h5-12,17H,4,13H2,1-3H3,(H,20,22)/t17-/m1/s1. The Kier molecular flexibility index (Phi) is 5.67. The number of nitrogens with one attached hydrogen (secondary N) is 1. The molecule has 1 N–H and O–H groups in total. The van der Waals surface area contributed by atoms with Gasteiger partial charge in [-0.05, 0) is 55.9 Å². The largest absolute Gasteiger partial charge is 0.345 e. The zero-order valence-corrected chi connectivity index (χ0v) is 13.4. The molecule has 1 heterocycles. The van der Waals surface area contributed by atoms with Crippen LogP contribution in [0, 0.1) is 0 Å². The maximum atomic E-state index is 12.4. The molecule has 1 atom stereocenters. The lowest BCUT2D eigenvalue weighted by Gasteiger charge is -2.17. The van der Waals surface area contributed by atoms with Crippen molar-refractivity contribution in [1.82, 2.24) is 15.2 Å². The highest BCUT2D eigenvalue weighted by atomic mass is 16.1. The molecular formula is C18H23N3O. The van der Waals surface area contributed by atoms with E-state index in [9.17, 15) is 4.79 Å². The summed E-state index contributed by atoms with van der Waals surface area (Å²) in [5.41, 5.74) is 2.97. The van der Waals surface area contributed by atoms with Gasteiger partial charge >= 0.3 is 0 Å². The number of pyridine rings is 1. The van der Waals surface area contributed by atoms with Gasteiger partial charge in [0.05, 0.1) is 6.04 Å². The molecule has 0 fully saturated rings. The monoisotopic (exact) mass is 297 g/mol. The van der Waals surface area contributed by atoms with Crippen LogP contribution in [0.15, 0.2) is 48.8 Å². The highest BCUT2D eigenvalue weighted by molar-refractivity contribution is 5.94. The van der Waals surface area contributed by atoms with Crippen molar-refractivity contribution in [1.29, 1.82) is 0 Å². The number of nitrogens with zero attached hydrogens (tertiary/aromatic N) is 2. The summed E-state index contributed by atoms with van der Waals surface area (Å²) >= 11 is 0. The SMILES string of the molecule is CC[C@@H](NC(=O)c1ccc(CN(C)C)cc1)c1ccncc1. The third-order valence-electron chi connectivity index (χ3n) is 3.54. The van der Waals surface area contributed by atoms with Gasteiger partial charge in [0.15, 0.2) is 0 Å². The van der Waals surface area contributed by atoms with Crippen LogP contribution in [-0.4, -0.2) is 29.9 Å². The summed E-state index contributed by atoms with van der Waals surface area (Å²) in [5.74, 6) is -0.0416. The van der Waals surface area contributed by atoms with E-state index < -0.39 is 0 Å². The lowest BCUT2D eigenvalue weighted by Crippen LogP contribution is -2.28. The molecule has 0 saturated heterocycles. The fourth-order valence-corrected chi connectivity index (χ4v) is 2.39. The third kappa shape index (κ3) is 4.40. The second-order valence-corrected chi connectivity index (χ2v) is 5.65. The zero-order valence-electron chi connectivity index (χ0n) is 13.4. The van der Waals surface area contributed by atoms with E-state index >= 15 is 0 Å². The smallest absolute Gasteiger partial charge is 0.251 e. The molecule has 22 heavy (non-hydrogen) atoms. The van der Waals surface area contributed by atoms with Gasteiger partial charge in [-0.2, -0.15) is 0 Å². The number of aromatic nitrogens is 1. The molecule has 2 rings (SSSR count). The Morgan fingerprint density at radius 3 is 2.32 bits per heavy atom. The molecule has 1 aromatic carbocycles. The Balaban J connectivity index is 2.04. The molecule has 0 unspecified atom stereocenters. The highest BCUT2D eigenvalue weighted by Crippen LogP contribution is 2.16. The molecule has 0 radical (unpaired) electrons. The molecule has 116 valence electrons. The molecule has 1 amide bonds. The summed E-state index contributed by atoms with van der Waals surface area (Å²) in [6, 6.07) is 11.7. The fourth-order valence-electron chi connectivity index (χ4n) is 2.39. The molecular weight excluding hydrogens is 274 g/mol. The van der Waals surface area contributed by atoms with Gasteiger partial charge in [0.1, 0.15) is 0 Å². The van der Waals surface area contributed by atoms with Crippen LogP contribution in [0.1, 0.15) is 40.9 Å². The first kappa shape index (κ1) is 16.2. The van der Waals surface area contributed by atoms with E-state index in [0.29, 0.717) is 5.56 Å². The van der Waals surface area contributed by atoms with Crippen molar-refractivity contribution < 1.29 is 4.79 Å². The number of amides is 1. The lowest BCUT2D eigenvalue weighted by molar-refractivity contribution is 0.0935. The highest BCUT2D eigenvalue weighted by Gasteiger charge is 2.13. The van der Waals surface area contributed by atoms with Crippen LogP contribution in [-0.2, 0) is 6.54 Å². The van der Waals surface area contributed by atoms with E-state index in [1.54, 1.807) is 12.4 Å². The Bertz CT molecular complexity index is 593. The van der Waals surface area contributed by atoms with E-state index in [1.165, 1.54) is 5.56 Å². The van der Waals surface area contributed by atoms with Crippen LogP contribution in [0.3, 0.4) is 0 Å². The number of hydrogen-bond donors (Lipinski definition) is 1. The zero-order chi connectivity index (χ0) is 15.9. The molecule has 0 aliphatic carbocycles. The Morgan fingerprint density at radius 1 is 1.14 bits per heavy atom. The Morgan fingerprint density at radius 2 is 1.77 bits per heavy atom. The Hall–Kier alpha value is -2.20. The molecule has 4 nitrogen and oxygen atoms in total. The van der Waals surface area contributed by atoms with E-state index in [1.807, 2.05) is 50.5 Å². The number of benzene rings is 1. The first-order valence-electron chi connectivity index (χ1n) is 7.54. The van der Waals surface area contributed by atoms with Crippen molar-refractivity contribution >= 4 is 5.91 Å². The second-order valence-electron chi connectivity index (χ2n) is 5.65. The minimum absolute atomic E-state index is 0.0111. The number of rotatable bonds is 6. The van der Waals surface area contributed by atoms with Gasteiger partial charge in [0.2, 0.25) is 0 Å². The van der Waals surface area contributed by atoms with Gasteiger partial charge in [-0.15, -0.1) is 0 Å². The van der Waals surface area contributed by atoms with Crippen molar-refractivity contribution in [2.24, 2.45) is 0 Å². The predicted molar refractivity (Wildman–Crippen MR) is 88.6 cm³/mol. The molecule has 4 heteroatoms. The second kappa shape index (κ2) is 7.71. The molecule has 1 aromatic heterocycles. The molecule has 2 aromatic rings. The van der Waals surface area contributed by atoms with Crippen molar-refractivity contribution in [2.45, 2.75) is 25.9 Å². The maximum absolute atomic E-state index is 12.4. The van der Waals surface area contributed by atoms with Gasteiger partial charge in [-0.1, -0.05) is 19.1 Å². The van der Waals surface area contributed by atoms with Crippen molar-refractivity contribution in [3.8, 4) is 0 Å². The summed E-state index contributed by atoms with van der Waals surface area (Å²) in [4.78, 5) is 18.5. The maximum Gasteiger partial charge on any atom is 0.251 e. The van der Waals surface area contributed by atoms with Crippen LogP contribution < -0.4 is 5.32 Å². The van der Waals surface area contributed by atoms with Crippen LogP contribution >= 0.6 is 0 Å². The molecule has 0 saturated carbocycles. The topological polar surface area (TPSA) is 45.2 Å². The van der Waals surface area contributed by atoms with E-state index in [4.69, 9.17) is 0 Å². The fraction of sp³-hybridized carbons (Fsp3) is 0.333. The first-order chi connectivity index (χ1) is 10.6. The average molecular weight is 297 g/mol. The molecule has 0 aliphatic heterocycles. The van der Waals surface area contributed by atoms with Crippen molar-refractivity contribution in [3.05, 3.63) is 65.5 Å². The molecule has 0 aliphatic rings. The molecule has 0 spiro atoms. The van der Waals surface area contributed by atoms with Crippen LogP contribution in [0.4, 0.5) is 0 Å². The van der Waals surface area contributed by atoms with Crippen LogP contribution in [0.25, 0.3) is 0 Å². The van der Waals surface area contributed by atoms with E-state index in [0.717, 1.165) is 18.5 Å². The van der Waals surface area contributed by atoms with Gasteiger partial charge in [0, 0.05) is 24.5 Å². The summed E-state index contributed by atoms with van der Waals surface area (Å²) in [7, 11) is 4.06. The van der Waals surface area contributed by atoms with E-state index in [-0.39, 0.29) is 11.9 Å². The van der Waals surface area contributed by atoms with Crippen molar-refractivity contribution in [2.75, 3.05) is 14.1 Å². The van der Waals surface area contributed by atoms with Gasteiger partial charge in [0.25, 0.3) is 5.91 Å². The van der Waals surface area contributed by atoms with E-state index in [2.05, 4.69) is 22.1 Å². The third-order valence-corrected chi connectivity index (χ3v) is 3.54. The number of carbonyl (C=O) groups is 1. The normalized spacial score (nSPS) is 12.2. The van der Waals surface area contributed by atoms with Crippen LogP contribution in [0.2, 0.25) is 0 Å². The number of hydrogen-bond acceptors (Lipinski definition) is 3. The van der Waals surface area contributed by atoms with Gasteiger partial charge in [-0.25, -0.2) is 0 Å². The van der Waals surface area contributed by atoms with Crippen LogP contribution in [0.5, 0.6) is 0 Å². The van der Waals surface area contributed by atoms with Gasteiger partial charge < -0.3 is 10.2 Å². The Labute approximate surface area is 132 Å². The average Bonchev–Trinajstić information content (AvgIpc) is 2.53. The summed E-state index contributed by atoms with van der Waals surface area (Å²) in [6.45, 7) is 2.93. The van der Waals surface area contributed by atoms with Crippen molar-refractivity contribution in [3.63, 3.8) is 0 Å². The summed E-state index contributed by atoms with van der Waals surface area (Å²) < 4.78 is 0. The number of carbonyl (C=O) groups excluding carboxylic acids is 1. The minimum Gasteiger partial charge on any atom is -0.345 e. The quantitative estimate of drug-likeness (QED) is 0.891. The summed E-state index contributed by atoms with van der Waals surface area (Å²) in [5, 5.41) is 3.08. The first-order valence-corrected chi connectivity index (χ1v) is 7.54. The predicted octanol–water partition coefficient (Wildman–Crippen LogP) is 3.02. The van der Waals surface area contributed by atoms with Gasteiger partial charge in [-0.3, -0.25) is 9.78 Å².